The van der Waals surface area contributed by atoms with Gasteiger partial charge in [0.15, 0.2) is 0 Å². The van der Waals surface area contributed by atoms with Crippen LogP contribution in [0.3, 0.4) is 0 Å². The van der Waals surface area contributed by atoms with Crippen LogP contribution in [0.15, 0.2) is 71.6 Å². The van der Waals surface area contributed by atoms with Gasteiger partial charge in [-0.15, -0.1) is 0 Å². The molecule has 0 radical (unpaired) electrons. The second-order valence-corrected chi connectivity index (χ2v) is 10.5. The highest BCUT2D eigenvalue weighted by atomic mass is 32.2. The van der Waals surface area contributed by atoms with Gasteiger partial charge in [-0.3, -0.25) is 13.9 Å². The molecule has 1 saturated heterocycles. The Morgan fingerprint density at radius 3 is 2.41 bits per heavy atom. The molecule has 0 aliphatic carbocycles. The highest BCUT2D eigenvalue weighted by Gasteiger charge is 2.28. The number of carbonyl (C=O) groups is 2. The number of amides is 2. The van der Waals surface area contributed by atoms with Gasteiger partial charge in [-0.25, -0.2) is 12.8 Å². The number of carbonyl (C=O) groups excluding carboxylic acids is 2. The molecule has 8 nitrogen and oxygen atoms in total. The summed E-state index contributed by atoms with van der Waals surface area (Å²) in [5.41, 5.74) is 2.16. The molecule has 3 aromatic rings. The van der Waals surface area contributed by atoms with Crippen LogP contribution in [-0.4, -0.2) is 39.9 Å². The Kier molecular flexibility index (Phi) is 7.77. The highest BCUT2D eigenvalue weighted by Crippen LogP contribution is 2.29. The Balaban J connectivity index is 1.60. The lowest BCUT2D eigenvalue weighted by molar-refractivity contribution is -0.117. The number of benzene rings is 3. The summed E-state index contributed by atoms with van der Waals surface area (Å²) in [5.74, 6) is -0.591. The van der Waals surface area contributed by atoms with Crippen LogP contribution in [0.2, 0.25) is 0 Å². The van der Waals surface area contributed by atoms with Crippen LogP contribution in [0.25, 0.3) is 0 Å². The molecule has 0 aromatic heterocycles. The van der Waals surface area contributed by atoms with E-state index in [0.29, 0.717) is 36.7 Å². The van der Waals surface area contributed by atoms with Gasteiger partial charge in [-0.05, 0) is 86.5 Å². The zero-order valence-corrected chi connectivity index (χ0v) is 21.4. The SMILES string of the molecule is CCOc1ccc(S(=O)(=O)N(CC(=O)Nc2ccc(C)c(N3CCCC3=O)c2)c2ccc(F)cc2)cc1. The molecule has 0 bridgehead atoms. The van der Waals surface area contributed by atoms with E-state index in [1.54, 1.807) is 23.1 Å². The van der Waals surface area contributed by atoms with Crippen LogP contribution < -0.4 is 19.3 Å². The quantitative estimate of drug-likeness (QED) is 0.444. The second kappa shape index (κ2) is 11.0. The van der Waals surface area contributed by atoms with Gasteiger partial charge >= 0.3 is 0 Å². The third-order valence-electron chi connectivity index (χ3n) is 5.98. The minimum atomic E-state index is -4.18. The Bertz CT molecular complexity index is 1390. The van der Waals surface area contributed by atoms with E-state index < -0.39 is 28.3 Å². The number of rotatable bonds is 9. The lowest BCUT2D eigenvalue weighted by atomic mass is 10.1. The molecule has 1 fully saturated rings. The van der Waals surface area contributed by atoms with Gasteiger partial charge in [0.2, 0.25) is 11.8 Å². The summed E-state index contributed by atoms with van der Waals surface area (Å²) >= 11 is 0. The zero-order valence-electron chi connectivity index (χ0n) is 20.6. The average Bonchev–Trinajstić information content (AvgIpc) is 3.30. The first-order chi connectivity index (χ1) is 17.7. The smallest absolute Gasteiger partial charge is 0.264 e. The molecule has 194 valence electrons. The average molecular weight is 526 g/mol. The molecule has 4 rings (SSSR count). The number of anilines is 3. The number of nitrogens with zero attached hydrogens (tertiary/aromatic N) is 2. The van der Waals surface area contributed by atoms with E-state index in [1.165, 1.54) is 36.4 Å². The molecule has 37 heavy (non-hydrogen) atoms. The van der Waals surface area contributed by atoms with Crippen molar-refractivity contribution in [1.82, 2.24) is 0 Å². The van der Waals surface area contributed by atoms with Crippen LogP contribution in [-0.2, 0) is 19.6 Å². The van der Waals surface area contributed by atoms with E-state index in [-0.39, 0.29) is 16.5 Å². The Morgan fingerprint density at radius 2 is 1.78 bits per heavy atom. The minimum Gasteiger partial charge on any atom is -0.494 e. The second-order valence-electron chi connectivity index (χ2n) is 8.59. The van der Waals surface area contributed by atoms with Gasteiger partial charge in [0.05, 0.1) is 17.2 Å². The van der Waals surface area contributed by atoms with E-state index in [4.69, 9.17) is 4.74 Å². The molecule has 2 amide bonds. The maximum atomic E-state index is 13.6. The molecule has 1 heterocycles. The van der Waals surface area contributed by atoms with E-state index >= 15 is 0 Å². The summed E-state index contributed by atoms with van der Waals surface area (Å²) in [6.45, 7) is 4.19. The van der Waals surface area contributed by atoms with Gasteiger partial charge < -0.3 is 15.0 Å². The molecule has 0 spiro atoms. The Morgan fingerprint density at radius 1 is 1.08 bits per heavy atom. The highest BCUT2D eigenvalue weighted by molar-refractivity contribution is 7.92. The van der Waals surface area contributed by atoms with Crippen LogP contribution in [0.1, 0.15) is 25.3 Å². The number of sulfonamides is 1. The van der Waals surface area contributed by atoms with Gasteiger partial charge in [0.25, 0.3) is 10.0 Å². The van der Waals surface area contributed by atoms with Gasteiger partial charge in [-0.2, -0.15) is 0 Å². The largest absolute Gasteiger partial charge is 0.494 e. The Hall–Kier alpha value is -3.92. The van der Waals surface area contributed by atoms with E-state index in [1.807, 2.05) is 13.8 Å². The van der Waals surface area contributed by atoms with Crippen molar-refractivity contribution in [2.75, 3.05) is 34.2 Å². The van der Waals surface area contributed by atoms with Crippen molar-refractivity contribution in [2.24, 2.45) is 0 Å². The fourth-order valence-corrected chi connectivity index (χ4v) is 5.56. The summed E-state index contributed by atoms with van der Waals surface area (Å²) in [6.07, 6.45) is 1.25. The Labute approximate surface area is 215 Å². The molecular weight excluding hydrogens is 497 g/mol. The van der Waals surface area contributed by atoms with Crippen LogP contribution >= 0.6 is 0 Å². The topological polar surface area (TPSA) is 96.0 Å². The predicted octanol–water partition coefficient (Wildman–Crippen LogP) is 4.49. The molecule has 0 atom stereocenters. The monoisotopic (exact) mass is 525 g/mol. The number of hydrogen-bond acceptors (Lipinski definition) is 5. The number of aryl methyl sites for hydroxylation is 1. The van der Waals surface area contributed by atoms with Crippen molar-refractivity contribution < 1.29 is 27.1 Å². The summed E-state index contributed by atoms with van der Waals surface area (Å²) < 4.78 is 47.0. The van der Waals surface area contributed by atoms with Gasteiger partial charge in [0.1, 0.15) is 18.1 Å². The van der Waals surface area contributed by atoms with E-state index in [9.17, 15) is 22.4 Å². The number of ether oxygens (including phenoxy) is 1. The molecule has 1 aliphatic rings. The summed E-state index contributed by atoms with van der Waals surface area (Å²) in [6, 6.07) is 15.9. The lowest BCUT2D eigenvalue weighted by Crippen LogP contribution is -2.38. The van der Waals surface area contributed by atoms with Crippen molar-refractivity contribution in [3.05, 3.63) is 78.1 Å². The normalized spacial score (nSPS) is 13.5. The molecule has 1 N–H and O–H groups in total. The van der Waals surface area contributed by atoms with Crippen molar-refractivity contribution >= 4 is 38.9 Å². The molecule has 10 heteroatoms. The molecule has 0 saturated carbocycles. The first-order valence-electron chi connectivity index (χ1n) is 11.9. The van der Waals surface area contributed by atoms with Gasteiger partial charge in [-0.1, -0.05) is 6.07 Å². The first-order valence-corrected chi connectivity index (χ1v) is 13.3. The van der Waals surface area contributed by atoms with Crippen molar-refractivity contribution in [3.63, 3.8) is 0 Å². The van der Waals surface area contributed by atoms with Crippen LogP contribution in [0, 0.1) is 12.7 Å². The minimum absolute atomic E-state index is 0.0236. The number of halogens is 1. The van der Waals surface area contributed by atoms with Crippen LogP contribution in [0.5, 0.6) is 5.75 Å². The first kappa shape index (κ1) is 26.2. The van der Waals surface area contributed by atoms with Crippen LogP contribution in [0.4, 0.5) is 21.5 Å². The fraction of sp³-hybridized carbons (Fsp3) is 0.259. The summed E-state index contributed by atoms with van der Waals surface area (Å²) in [7, 11) is -4.18. The van der Waals surface area contributed by atoms with Gasteiger partial charge in [0, 0.05) is 24.3 Å². The molecular formula is C27H28FN3O5S. The van der Waals surface area contributed by atoms with E-state index in [0.717, 1.165) is 28.4 Å². The number of nitrogens with one attached hydrogen (secondary N) is 1. The third kappa shape index (κ3) is 5.91. The maximum absolute atomic E-state index is 13.6. The maximum Gasteiger partial charge on any atom is 0.264 e. The predicted molar refractivity (Wildman–Crippen MR) is 140 cm³/mol. The summed E-state index contributed by atoms with van der Waals surface area (Å²) in [4.78, 5) is 26.9. The molecule has 0 unspecified atom stereocenters. The zero-order chi connectivity index (χ0) is 26.6. The van der Waals surface area contributed by atoms with E-state index in [2.05, 4.69) is 5.32 Å². The molecule has 3 aromatic carbocycles. The standard InChI is InChI=1S/C27H28FN3O5S/c1-3-36-23-12-14-24(15-13-23)37(34,35)31(22-10-7-20(28)8-11-22)18-26(32)29-21-9-6-19(2)25(17-21)30-16-4-5-27(30)33/h6-15,17H,3-5,16,18H2,1-2H3,(H,29,32). The third-order valence-corrected chi connectivity index (χ3v) is 7.77. The lowest BCUT2D eigenvalue weighted by Gasteiger charge is -2.24. The van der Waals surface area contributed by atoms with Crippen molar-refractivity contribution in [3.8, 4) is 5.75 Å². The van der Waals surface area contributed by atoms with Crippen molar-refractivity contribution in [1.29, 1.82) is 0 Å². The fourth-order valence-electron chi connectivity index (χ4n) is 4.14. The summed E-state index contributed by atoms with van der Waals surface area (Å²) in [5, 5.41) is 2.73. The number of hydrogen-bond donors (Lipinski definition) is 1. The molecule has 1 aliphatic heterocycles. The van der Waals surface area contributed by atoms with Crippen molar-refractivity contribution in [2.45, 2.75) is 31.6 Å².